The first kappa shape index (κ1) is 23.0. The summed E-state index contributed by atoms with van der Waals surface area (Å²) in [5, 5.41) is 4.49. The summed E-state index contributed by atoms with van der Waals surface area (Å²) in [6.07, 6.45) is -4.47. The van der Waals surface area contributed by atoms with E-state index in [0.29, 0.717) is 21.5 Å². The van der Waals surface area contributed by atoms with Crippen LogP contribution in [0.15, 0.2) is 63.9 Å². The van der Waals surface area contributed by atoms with E-state index in [-0.39, 0.29) is 22.2 Å². The van der Waals surface area contributed by atoms with Crippen LogP contribution < -0.4 is 10.9 Å². The van der Waals surface area contributed by atoms with E-state index in [1.807, 2.05) is 0 Å². The number of alkyl halides is 3. The molecule has 2 heterocycles. The third-order valence-electron chi connectivity index (χ3n) is 4.68. The number of nitrogens with one attached hydrogen (secondary N) is 1. The molecule has 0 bridgehead atoms. The normalized spacial score (nSPS) is 11.7. The van der Waals surface area contributed by atoms with Gasteiger partial charge >= 0.3 is 6.18 Å². The molecule has 0 saturated carbocycles. The standard InChI is InChI=1S/C22H15F4N3O2S2/c1-12-10-15(6-7-16(12)23)29-20(31)19-17(8-9-32-19)28-21(29)33-11-18(30)27-14-4-2-13(3-5-14)22(24,25)26/h2-10H,11H2,1H3,(H,27,30). The van der Waals surface area contributed by atoms with E-state index in [1.165, 1.54) is 34.1 Å². The van der Waals surface area contributed by atoms with E-state index in [1.54, 1.807) is 18.4 Å². The van der Waals surface area contributed by atoms with Gasteiger partial charge < -0.3 is 5.32 Å². The van der Waals surface area contributed by atoms with Crippen molar-refractivity contribution in [1.82, 2.24) is 9.55 Å². The van der Waals surface area contributed by atoms with Gasteiger partial charge in [-0.05, 0) is 66.4 Å². The van der Waals surface area contributed by atoms with Crippen molar-refractivity contribution in [3.63, 3.8) is 0 Å². The number of thioether (sulfide) groups is 1. The number of fused-ring (bicyclic) bond motifs is 1. The lowest BCUT2D eigenvalue weighted by Crippen LogP contribution is -2.22. The van der Waals surface area contributed by atoms with E-state index in [9.17, 15) is 27.2 Å². The minimum atomic E-state index is -4.47. The van der Waals surface area contributed by atoms with Gasteiger partial charge in [-0.2, -0.15) is 13.2 Å². The van der Waals surface area contributed by atoms with Crippen LogP contribution in [-0.2, 0) is 11.0 Å². The smallest absolute Gasteiger partial charge is 0.325 e. The number of anilines is 1. The summed E-state index contributed by atoms with van der Waals surface area (Å²) in [5.74, 6) is -1.05. The fourth-order valence-electron chi connectivity index (χ4n) is 3.05. The van der Waals surface area contributed by atoms with Gasteiger partial charge in [-0.25, -0.2) is 9.37 Å². The molecule has 33 heavy (non-hydrogen) atoms. The van der Waals surface area contributed by atoms with Crippen LogP contribution in [-0.4, -0.2) is 21.2 Å². The number of rotatable bonds is 5. The highest BCUT2D eigenvalue weighted by atomic mass is 32.2. The monoisotopic (exact) mass is 493 g/mol. The second-order valence-electron chi connectivity index (χ2n) is 7.02. The van der Waals surface area contributed by atoms with Gasteiger partial charge in [0.1, 0.15) is 10.5 Å². The van der Waals surface area contributed by atoms with Crippen molar-refractivity contribution in [3.05, 3.63) is 81.2 Å². The van der Waals surface area contributed by atoms with Gasteiger partial charge in [0.05, 0.1) is 22.5 Å². The van der Waals surface area contributed by atoms with Gasteiger partial charge in [-0.1, -0.05) is 11.8 Å². The van der Waals surface area contributed by atoms with Crippen LogP contribution in [0.5, 0.6) is 0 Å². The largest absolute Gasteiger partial charge is 0.416 e. The lowest BCUT2D eigenvalue weighted by atomic mass is 10.2. The zero-order valence-electron chi connectivity index (χ0n) is 16.9. The number of aryl methyl sites for hydroxylation is 1. The van der Waals surface area contributed by atoms with Gasteiger partial charge in [-0.15, -0.1) is 11.3 Å². The summed E-state index contributed by atoms with van der Waals surface area (Å²) in [4.78, 5) is 30.0. The topological polar surface area (TPSA) is 64.0 Å². The minimum absolute atomic E-state index is 0.150. The first-order valence-corrected chi connectivity index (χ1v) is 11.4. The number of nitrogens with zero attached hydrogens (tertiary/aromatic N) is 2. The summed E-state index contributed by atoms with van der Waals surface area (Å²) in [7, 11) is 0. The molecule has 0 spiro atoms. The fourth-order valence-corrected chi connectivity index (χ4v) is 4.63. The van der Waals surface area contributed by atoms with Crippen LogP contribution in [0.1, 0.15) is 11.1 Å². The molecule has 0 fully saturated rings. The second kappa shape index (κ2) is 8.99. The molecule has 2 aromatic heterocycles. The molecule has 0 radical (unpaired) electrons. The second-order valence-corrected chi connectivity index (χ2v) is 8.87. The van der Waals surface area contributed by atoms with Crippen molar-refractivity contribution in [1.29, 1.82) is 0 Å². The highest BCUT2D eigenvalue weighted by Crippen LogP contribution is 2.30. The van der Waals surface area contributed by atoms with Crippen LogP contribution in [0, 0.1) is 12.7 Å². The van der Waals surface area contributed by atoms with Crippen molar-refractivity contribution >= 4 is 44.9 Å². The summed E-state index contributed by atoms with van der Waals surface area (Å²) < 4.78 is 53.6. The minimum Gasteiger partial charge on any atom is -0.325 e. The number of hydrogen-bond acceptors (Lipinski definition) is 5. The molecule has 0 aliphatic rings. The molecular formula is C22H15F4N3O2S2. The predicted octanol–water partition coefficient (Wildman–Crippen LogP) is 5.64. The van der Waals surface area contributed by atoms with Crippen LogP contribution >= 0.6 is 23.1 Å². The molecule has 0 atom stereocenters. The first-order chi connectivity index (χ1) is 15.6. The maximum atomic E-state index is 13.7. The van der Waals surface area contributed by atoms with Crippen molar-refractivity contribution in [3.8, 4) is 5.69 Å². The summed E-state index contributed by atoms with van der Waals surface area (Å²) >= 11 is 2.22. The molecule has 0 unspecified atom stereocenters. The Balaban J connectivity index is 1.58. The van der Waals surface area contributed by atoms with Crippen LogP contribution in [0.2, 0.25) is 0 Å². The molecule has 11 heteroatoms. The van der Waals surface area contributed by atoms with Gasteiger partial charge in [-0.3, -0.25) is 14.2 Å². The molecule has 1 N–H and O–H groups in total. The maximum Gasteiger partial charge on any atom is 0.416 e. The molecule has 5 nitrogen and oxygen atoms in total. The Hall–Kier alpha value is -3.18. The van der Waals surface area contributed by atoms with Crippen LogP contribution in [0.4, 0.5) is 23.2 Å². The lowest BCUT2D eigenvalue weighted by molar-refractivity contribution is -0.137. The number of carbonyl (C=O) groups excluding carboxylic acids is 1. The van der Waals surface area contributed by atoms with Gasteiger partial charge in [0.2, 0.25) is 5.91 Å². The molecule has 0 aliphatic heterocycles. The third-order valence-corrected chi connectivity index (χ3v) is 6.51. The van der Waals surface area contributed by atoms with E-state index < -0.39 is 23.5 Å². The average molecular weight is 494 g/mol. The van der Waals surface area contributed by atoms with Crippen LogP contribution in [0.25, 0.3) is 15.9 Å². The molecular weight excluding hydrogens is 478 g/mol. The Kier molecular flexibility index (Phi) is 6.26. The molecule has 2 aromatic carbocycles. The van der Waals surface area contributed by atoms with Crippen molar-refractivity contribution < 1.29 is 22.4 Å². The molecule has 0 saturated heterocycles. The van der Waals surface area contributed by atoms with Gasteiger partial charge in [0.15, 0.2) is 5.16 Å². The Morgan fingerprint density at radius 2 is 1.88 bits per heavy atom. The Morgan fingerprint density at radius 1 is 1.15 bits per heavy atom. The number of thiophene rings is 1. The predicted molar refractivity (Wildman–Crippen MR) is 121 cm³/mol. The Bertz CT molecular complexity index is 1400. The van der Waals surface area contributed by atoms with Crippen molar-refractivity contribution in [2.45, 2.75) is 18.3 Å². The highest BCUT2D eigenvalue weighted by molar-refractivity contribution is 7.99. The van der Waals surface area contributed by atoms with E-state index in [2.05, 4.69) is 10.3 Å². The Labute approximate surface area is 193 Å². The quantitative estimate of drug-likeness (QED) is 0.222. The molecule has 4 rings (SSSR count). The number of amides is 1. The number of benzene rings is 2. The van der Waals surface area contributed by atoms with Gasteiger partial charge in [0.25, 0.3) is 5.56 Å². The first-order valence-electron chi connectivity index (χ1n) is 9.50. The van der Waals surface area contributed by atoms with E-state index in [0.717, 1.165) is 36.0 Å². The van der Waals surface area contributed by atoms with E-state index >= 15 is 0 Å². The number of hydrogen-bond donors (Lipinski definition) is 1. The number of carbonyl (C=O) groups is 1. The number of halogens is 4. The fraction of sp³-hybridized carbons (Fsp3) is 0.136. The summed E-state index contributed by atoms with van der Waals surface area (Å²) in [5.41, 5.74) is 0.287. The highest BCUT2D eigenvalue weighted by Gasteiger charge is 2.30. The summed E-state index contributed by atoms with van der Waals surface area (Å²) in [6, 6.07) is 10.0. The van der Waals surface area contributed by atoms with Gasteiger partial charge in [0, 0.05) is 5.69 Å². The molecule has 170 valence electrons. The molecule has 4 aromatic rings. The zero-order valence-corrected chi connectivity index (χ0v) is 18.6. The lowest BCUT2D eigenvalue weighted by Gasteiger charge is -2.13. The molecule has 1 amide bonds. The van der Waals surface area contributed by atoms with Crippen molar-refractivity contribution in [2.24, 2.45) is 0 Å². The zero-order chi connectivity index (χ0) is 23.8. The van der Waals surface area contributed by atoms with E-state index in [4.69, 9.17) is 0 Å². The number of aromatic nitrogens is 2. The Morgan fingerprint density at radius 3 is 2.55 bits per heavy atom. The van der Waals surface area contributed by atoms with Crippen molar-refractivity contribution in [2.75, 3.05) is 11.1 Å². The SMILES string of the molecule is Cc1cc(-n2c(SCC(=O)Nc3ccc(C(F)(F)F)cc3)nc3ccsc3c2=O)ccc1F. The molecule has 0 aliphatic carbocycles. The van der Waals surface area contributed by atoms with Crippen LogP contribution in [0.3, 0.4) is 0 Å². The average Bonchev–Trinajstić information content (AvgIpc) is 3.23. The maximum absolute atomic E-state index is 13.7. The third kappa shape index (κ3) is 4.93. The summed E-state index contributed by atoms with van der Waals surface area (Å²) in [6.45, 7) is 1.57.